The van der Waals surface area contributed by atoms with E-state index in [-0.39, 0.29) is 6.04 Å². The number of nitrogens with one attached hydrogen (secondary N) is 3. The molecule has 6 nitrogen and oxygen atoms in total. The molecule has 0 saturated carbocycles. The molecule has 3 aromatic carbocycles. The van der Waals surface area contributed by atoms with Gasteiger partial charge in [0, 0.05) is 5.56 Å². The van der Waals surface area contributed by atoms with Crippen LogP contribution in [0.2, 0.25) is 0 Å². The summed E-state index contributed by atoms with van der Waals surface area (Å²) in [5.74, 6) is -0.465. The molecular formula is C21H18N4O2. The van der Waals surface area contributed by atoms with Gasteiger partial charge in [0.2, 0.25) is 0 Å². The van der Waals surface area contributed by atoms with Crippen molar-refractivity contribution in [1.29, 1.82) is 5.26 Å². The smallest absolute Gasteiger partial charge is 0.330 e. The Morgan fingerprint density at radius 1 is 0.926 bits per heavy atom. The number of nitriles is 1. The highest BCUT2D eigenvalue weighted by Crippen LogP contribution is 2.23. The first kappa shape index (κ1) is 18.0. The Kier molecular flexibility index (Phi) is 5.33. The Bertz CT molecular complexity index is 1020. The van der Waals surface area contributed by atoms with Gasteiger partial charge in [-0.3, -0.25) is 10.2 Å². The second-order valence-electron chi connectivity index (χ2n) is 6.03. The fraction of sp³-hybridized carbons (Fsp3) is 0.0952. The number of carbonyl (C=O) groups is 2. The van der Waals surface area contributed by atoms with Crippen molar-refractivity contribution in [2.24, 2.45) is 0 Å². The van der Waals surface area contributed by atoms with Crippen LogP contribution in [0, 0.1) is 11.3 Å². The average Bonchev–Trinajstić information content (AvgIpc) is 2.71. The molecule has 0 fully saturated rings. The SMILES string of the molecule is CC(NC(=O)NNC(=O)c1ccc(C#N)cc1)c1cccc2ccccc12. The molecule has 0 spiro atoms. The molecule has 0 bridgehead atoms. The lowest BCUT2D eigenvalue weighted by Crippen LogP contribution is -2.47. The lowest BCUT2D eigenvalue weighted by atomic mass is 10.00. The second kappa shape index (κ2) is 8.02. The number of carbonyl (C=O) groups excluding carboxylic acids is 2. The molecule has 0 aliphatic rings. The number of benzene rings is 3. The third-order valence-corrected chi connectivity index (χ3v) is 4.20. The standard InChI is InChI=1S/C21H18N4O2/c1-14(18-8-4-6-16-5-2-3-7-19(16)18)23-21(27)25-24-20(26)17-11-9-15(13-22)10-12-17/h2-12,14H,1H3,(H,24,26)(H2,23,25,27). The average molecular weight is 358 g/mol. The van der Waals surface area contributed by atoms with Gasteiger partial charge in [-0.05, 0) is 47.5 Å². The van der Waals surface area contributed by atoms with E-state index >= 15 is 0 Å². The molecule has 1 unspecified atom stereocenters. The van der Waals surface area contributed by atoms with Gasteiger partial charge in [-0.25, -0.2) is 10.2 Å². The topological polar surface area (TPSA) is 94.0 Å². The number of amides is 3. The van der Waals surface area contributed by atoms with Crippen molar-refractivity contribution in [3.05, 3.63) is 83.4 Å². The van der Waals surface area contributed by atoms with Crippen LogP contribution in [-0.4, -0.2) is 11.9 Å². The van der Waals surface area contributed by atoms with E-state index in [0.717, 1.165) is 16.3 Å². The van der Waals surface area contributed by atoms with Gasteiger partial charge in [0.1, 0.15) is 0 Å². The van der Waals surface area contributed by atoms with Gasteiger partial charge in [0.15, 0.2) is 0 Å². The fourth-order valence-electron chi connectivity index (χ4n) is 2.82. The second-order valence-corrected chi connectivity index (χ2v) is 6.03. The lowest BCUT2D eigenvalue weighted by molar-refractivity contribution is 0.0936. The van der Waals surface area contributed by atoms with Crippen LogP contribution in [0.1, 0.15) is 34.5 Å². The summed E-state index contributed by atoms with van der Waals surface area (Å²) in [5.41, 5.74) is 6.48. The van der Waals surface area contributed by atoms with Gasteiger partial charge in [-0.1, -0.05) is 42.5 Å². The third-order valence-electron chi connectivity index (χ3n) is 4.20. The minimum Gasteiger partial charge on any atom is -0.330 e. The molecule has 0 radical (unpaired) electrons. The van der Waals surface area contributed by atoms with Gasteiger partial charge in [-0.2, -0.15) is 5.26 Å². The van der Waals surface area contributed by atoms with Crippen LogP contribution in [0.3, 0.4) is 0 Å². The summed E-state index contributed by atoms with van der Waals surface area (Å²) < 4.78 is 0. The number of urea groups is 1. The highest BCUT2D eigenvalue weighted by molar-refractivity contribution is 5.95. The van der Waals surface area contributed by atoms with Crippen molar-refractivity contribution in [3.63, 3.8) is 0 Å². The van der Waals surface area contributed by atoms with Gasteiger partial charge in [-0.15, -0.1) is 0 Å². The van der Waals surface area contributed by atoms with Gasteiger partial charge < -0.3 is 5.32 Å². The van der Waals surface area contributed by atoms with E-state index in [2.05, 4.69) is 16.2 Å². The van der Waals surface area contributed by atoms with E-state index in [0.29, 0.717) is 11.1 Å². The first-order chi connectivity index (χ1) is 13.1. The predicted octanol–water partition coefficient (Wildman–Crippen LogP) is 3.42. The molecular weight excluding hydrogens is 340 g/mol. The number of rotatable bonds is 3. The molecule has 1 atom stereocenters. The maximum atomic E-state index is 12.1. The lowest BCUT2D eigenvalue weighted by Gasteiger charge is -2.17. The summed E-state index contributed by atoms with van der Waals surface area (Å²) in [7, 11) is 0. The molecule has 0 saturated heterocycles. The normalized spacial score (nSPS) is 11.3. The van der Waals surface area contributed by atoms with E-state index in [1.54, 1.807) is 0 Å². The van der Waals surface area contributed by atoms with E-state index in [1.807, 2.05) is 55.5 Å². The molecule has 27 heavy (non-hydrogen) atoms. The summed E-state index contributed by atoms with van der Waals surface area (Å²) >= 11 is 0. The van der Waals surface area contributed by atoms with Gasteiger partial charge >= 0.3 is 6.03 Å². The van der Waals surface area contributed by atoms with Gasteiger partial charge in [0.05, 0.1) is 17.7 Å². The largest absolute Gasteiger partial charge is 0.333 e. The Morgan fingerprint density at radius 3 is 2.37 bits per heavy atom. The van der Waals surface area contributed by atoms with Crippen LogP contribution in [-0.2, 0) is 0 Å². The molecule has 3 aromatic rings. The van der Waals surface area contributed by atoms with Crippen LogP contribution in [0.5, 0.6) is 0 Å². The maximum Gasteiger partial charge on any atom is 0.333 e. The molecule has 6 heteroatoms. The van der Waals surface area contributed by atoms with Crippen LogP contribution >= 0.6 is 0 Å². The van der Waals surface area contributed by atoms with Crippen molar-refractivity contribution in [3.8, 4) is 6.07 Å². The van der Waals surface area contributed by atoms with Crippen LogP contribution in [0.25, 0.3) is 10.8 Å². The first-order valence-electron chi connectivity index (χ1n) is 8.43. The molecule has 0 heterocycles. The Hall–Kier alpha value is -3.85. The summed E-state index contributed by atoms with van der Waals surface area (Å²) in [6.45, 7) is 1.88. The number of hydrogen-bond acceptors (Lipinski definition) is 3. The van der Waals surface area contributed by atoms with Crippen molar-refractivity contribution >= 4 is 22.7 Å². The molecule has 0 aromatic heterocycles. The molecule has 3 rings (SSSR count). The number of fused-ring (bicyclic) bond motifs is 1. The molecule has 3 N–H and O–H groups in total. The highest BCUT2D eigenvalue weighted by Gasteiger charge is 2.13. The highest BCUT2D eigenvalue weighted by atomic mass is 16.2. The minimum absolute atomic E-state index is 0.247. The van der Waals surface area contributed by atoms with Crippen LogP contribution < -0.4 is 16.2 Å². The minimum atomic E-state index is -0.516. The quantitative estimate of drug-likeness (QED) is 0.626. The van der Waals surface area contributed by atoms with Gasteiger partial charge in [0.25, 0.3) is 5.91 Å². The van der Waals surface area contributed by atoms with Crippen molar-refractivity contribution < 1.29 is 9.59 Å². The van der Waals surface area contributed by atoms with Crippen molar-refractivity contribution in [2.75, 3.05) is 0 Å². The summed E-state index contributed by atoms with van der Waals surface area (Å²) in [6.07, 6.45) is 0. The third kappa shape index (κ3) is 4.22. The van der Waals surface area contributed by atoms with Crippen LogP contribution in [0.15, 0.2) is 66.7 Å². The zero-order valence-corrected chi connectivity index (χ0v) is 14.7. The number of hydrazine groups is 1. The fourth-order valence-corrected chi connectivity index (χ4v) is 2.82. The van der Waals surface area contributed by atoms with E-state index < -0.39 is 11.9 Å². The Morgan fingerprint density at radius 2 is 1.63 bits per heavy atom. The van der Waals surface area contributed by atoms with Crippen molar-refractivity contribution in [1.82, 2.24) is 16.2 Å². The molecule has 0 aliphatic carbocycles. The van der Waals surface area contributed by atoms with E-state index in [1.165, 1.54) is 24.3 Å². The summed E-state index contributed by atoms with van der Waals surface area (Å²) in [6, 6.07) is 21.2. The zero-order valence-electron chi connectivity index (χ0n) is 14.7. The number of nitrogens with zero attached hydrogens (tertiary/aromatic N) is 1. The van der Waals surface area contributed by atoms with Crippen molar-refractivity contribution in [2.45, 2.75) is 13.0 Å². The molecule has 0 aliphatic heterocycles. The van der Waals surface area contributed by atoms with E-state index in [9.17, 15) is 9.59 Å². The van der Waals surface area contributed by atoms with E-state index in [4.69, 9.17) is 5.26 Å². The summed E-state index contributed by atoms with van der Waals surface area (Å²) in [5, 5.41) is 13.7. The Balaban J connectivity index is 1.60. The van der Waals surface area contributed by atoms with Crippen LogP contribution in [0.4, 0.5) is 4.79 Å². The molecule has 134 valence electrons. The molecule has 3 amide bonds. The monoisotopic (exact) mass is 358 g/mol. The maximum absolute atomic E-state index is 12.1. The predicted molar refractivity (Wildman–Crippen MR) is 103 cm³/mol. The number of hydrogen-bond donors (Lipinski definition) is 3. The zero-order chi connectivity index (χ0) is 19.2. The summed E-state index contributed by atoms with van der Waals surface area (Å²) in [4.78, 5) is 24.2. The first-order valence-corrected chi connectivity index (χ1v) is 8.43. The Labute approximate surface area is 156 Å².